The number of amides is 1. The summed E-state index contributed by atoms with van der Waals surface area (Å²) in [6.07, 6.45) is 1.75. The molecule has 150 valence electrons. The first-order valence-corrected chi connectivity index (χ1v) is 9.13. The van der Waals surface area contributed by atoms with Crippen molar-refractivity contribution in [1.82, 2.24) is 19.6 Å². The van der Waals surface area contributed by atoms with Gasteiger partial charge in [0, 0.05) is 34.6 Å². The molecule has 0 saturated heterocycles. The number of anilines is 1. The Balaban J connectivity index is 1.59. The van der Waals surface area contributed by atoms with Gasteiger partial charge in [-0.15, -0.1) is 0 Å². The fourth-order valence-corrected chi connectivity index (χ4v) is 2.82. The highest BCUT2D eigenvalue weighted by Crippen LogP contribution is 2.15. The summed E-state index contributed by atoms with van der Waals surface area (Å²) in [7, 11) is 0. The van der Waals surface area contributed by atoms with Crippen molar-refractivity contribution in [2.24, 2.45) is 0 Å². The van der Waals surface area contributed by atoms with Gasteiger partial charge in [0.15, 0.2) is 12.4 Å². The number of rotatable bonds is 7. The fourth-order valence-electron chi connectivity index (χ4n) is 2.82. The molecule has 0 aliphatic rings. The van der Waals surface area contributed by atoms with E-state index in [1.54, 1.807) is 42.6 Å². The average molecular weight is 395 g/mol. The third-order valence-electron chi connectivity index (χ3n) is 4.49. The zero-order valence-corrected chi connectivity index (χ0v) is 16.4. The smallest absolute Gasteiger partial charge is 0.310 e. The summed E-state index contributed by atoms with van der Waals surface area (Å²) in [5.41, 5.74) is 3.10. The molecule has 0 bridgehead atoms. The molecular formula is C20H21N5O4. The summed E-state index contributed by atoms with van der Waals surface area (Å²) in [6.45, 7) is 5.00. The minimum absolute atomic E-state index is 0.0181. The number of hydrogen-bond acceptors (Lipinski definition) is 7. The zero-order chi connectivity index (χ0) is 21.0. The number of ketones is 1. The van der Waals surface area contributed by atoms with Crippen molar-refractivity contribution in [2.75, 3.05) is 11.9 Å². The van der Waals surface area contributed by atoms with Gasteiger partial charge in [-0.05, 0) is 38.1 Å². The number of fused-ring (bicyclic) bond motifs is 1. The molecule has 0 saturated carbocycles. The normalized spacial score (nSPS) is 10.7. The van der Waals surface area contributed by atoms with Crippen LogP contribution in [0.5, 0.6) is 0 Å². The van der Waals surface area contributed by atoms with E-state index in [0.717, 1.165) is 5.69 Å². The Hall–Kier alpha value is -3.62. The van der Waals surface area contributed by atoms with Crippen LogP contribution in [0.4, 0.5) is 5.69 Å². The van der Waals surface area contributed by atoms with Gasteiger partial charge in [0.1, 0.15) is 6.33 Å². The van der Waals surface area contributed by atoms with Gasteiger partial charge in [0.25, 0.3) is 5.78 Å². The number of hydrogen-bond donors (Lipinski definition) is 1. The van der Waals surface area contributed by atoms with Gasteiger partial charge in [-0.3, -0.25) is 14.4 Å². The molecule has 1 N–H and O–H groups in total. The molecule has 9 nitrogen and oxygen atoms in total. The molecule has 0 spiro atoms. The van der Waals surface area contributed by atoms with Crippen molar-refractivity contribution in [3.05, 3.63) is 53.1 Å². The van der Waals surface area contributed by atoms with E-state index in [-0.39, 0.29) is 24.7 Å². The third-order valence-corrected chi connectivity index (χ3v) is 4.49. The number of benzene rings is 1. The lowest BCUT2D eigenvalue weighted by Gasteiger charge is -2.10. The number of aryl methyl sites for hydroxylation is 2. The van der Waals surface area contributed by atoms with Crippen molar-refractivity contribution < 1.29 is 19.1 Å². The Morgan fingerprint density at radius 1 is 1.14 bits per heavy atom. The Morgan fingerprint density at radius 2 is 1.86 bits per heavy atom. The Morgan fingerprint density at radius 3 is 2.55 bits per heavy atom. The number of carbonyl (C=O) groups is 3. The molecule has 0 aliphatic heterocycles. The second kappa shape index (κ2) is 8.59. The van der Waals surface area contributed by atoms with E-state index in [2.05, 4.69) is 20.4 Å². The highest BCUT2D eigenvalue weighted by Gasteiger charge is 2.16. The number of aromatic nitrogens is 4. The van der Waals surface area contributed by atoms with Crippen LogP contribution >= 0.6 is 0 Å². The third kappa shape index (κ3) is 4.63. The Labute approximate surface area is 167 Å². The molecule has 2 heterocycles. The molecule has 3 aromatic rings. The molecule has 2 aromatic heterocycles. The summed E-state index contributed by atoms with van der Waals surface area (Å²) in [4.78, 5) is 44.2. The highest BCUT2D eigenvalue weighted by molar-refractivity contribution is 5.98. The first-order valence-electron chi connectivity index (χ1n) is 9.13. The second-order valence-corrected chi connectivity index (χ2v) is 6.47. The van der Waals surface area contributed by atoms with Crippen LogP contribution in [-0.2, 0) is 20.7 Å². The SMILES string of the molecule is CCC(=O)Nc1ccc(C(=O)COC(=O)Cc2c(C)nc3ncnn3c2C)cc1. The monoisotopic (exact) mass is 395 g/mol. The Bertz CT molecular complexity index is 1070. The van der Waals surface area contributed by atoms with Crippen LogP contribution < -0.4 is 5.32 Å². The van der Waals surface area contributed by atoms with E-state index in [1.165, 1.54) is 6.33 Å². The summed E-state index contributed by atoms with van der Waals surface area (Å²) < 4.78 is 6.70. The summed E-state index contributed by atoms with van der Waals surface area (Å²) in [5, 5.41) is 6.79. The van der Waals surface area contributed by atoms with Crippen molar-refractivity contribution in [3.63, 3.8) is 0 Å². The maximum absolute atomic E-state index is 12.3. The van der Waals surface area contributed by atoms with Crippen LogP contribution in [-0.4, -0.2) is 43.8 Å². The summed E-state index contributed by atoms with van der Waals surface area (Å²) >= 11 is 0. The molecule has 3 rings (SSSR count). The van der Waals surface area contributed by atoms with Gasteiger partial charge in [-0.1, -0.05) is 6.92 Å². The molecule has 29 heavy (non-hydrogen) atoms. The van der Waals surface area contributed by atoms with Crippen LogP contribution in [0.3, 0.4) is 0 Å². The lowest BCUT2D eigenvalue weighted by Crippen LogP contribution is -2.18. The van der Waals surface area contributed by atoms with Gasteiger partial charge in [0.2, 0.25) is 5.91 Å². The second-order valence-electron chi connectivity index (χ2n) is 6.47. The summed E-state index contributed by atoms with van der Waals surface area (Å²) in [5.74, 6) is -0.504. The molecule has 0 radical (unpaired) electrons. The van der Waals surface area contributed by atoms with Crippen LogP contribution in [0.25, 0.3) is 5.78 Å². The minimum atomic E-state index is -0.530. The van der Waals surface area contributed by atoms with Crippen LogP contribution in [0.2, 0.25) is 0 Å². The first-order chi connectivity index (χ1) is 13.9. The topological polar surface area (TPSA) is 116 Å². The largest absolute Gasteiger partial charge is 0.457 e. The lowest BCUT2D eigenvalue weighted by molar-refractivity contribution is -0.141. The van der Waals surface area contributed by atoms with Crippen LogP contribution in [0, 0.1) is 13.8 Å². The molecule has 0 aliphatic carbocycles. The van der Waals surface area contributed by atoms with Gasteiger partial charge in [0.05, 0.1) is 6.42 Å². The highest BCUT2D eigenvalue weighted by atomic mass is 16.5. The maximum atomic E-state index is 12.3. The maximum Gasteiger partial charge on any atom is 0.310 e. The number of ether oxygens (including phenoxy) is 1. The zero-order valence-electron chi connectivity index (χ0n) is 16.4. The average Bonchev–Trinajstić information content (AvgIpc) is 3.18. The predicted molar refractivity (Wildman–Crippen MR) is 105 cm³/mol. The van der Waals surface area contributed by atoms with E-state index >= 15 is 0 Å². The van der Waals surface area contributed by atoms with E-state index in [1.807, 2.05) is 6.92 Å². The van der Waals surface area contributed by atoms with Gasteiger partial charge < -0.3 is 10.1 Å². The van der Waals surface area contributed by atoms with E-state index < -0.39 is 5.97 Å². The van der Waals surface area contributed by atoms with Crippen LogP contribution in [0.15, 0.2) is 30.6 Å². The van der Waals surface area contributed by atoms with Gasteiger partial charge in [-0.25, -0.2) is 9.50 Å². The number of nitrogens with one attached hydrogen (secondary N) is 1. The number of carbonyl (C=O) groups excluding carboxylic acids is 3. The lowest BCUT2D eigenvalue weighted by atomic mass is 10.1. The van der Waals surface area contributed by atoms with E-state index in [0.29, 0.717) is 34.7 Å². The fraction of sp³-hybridized carbons (Fsp3) is 0.300. The van der Waals surface area contributed by atoms with Crippen molar-refractivity contribution >= 4 is 29.1 Å². The number of Topliss-reactive ketones (excluding diaryl/α,β-unsaturated/α-hetero) is 1. The number of esters is 1. The quantitative estimate of drug-likeness (QED) is 0.481. The van der Waals surface area contributed by atoms with Crippen molar-refractivity contribution in [3.8, 4) is 0 Å². The molecule has 1 amide bonds. The van der Waals surface area contributed by atoms with Crippen molar-refractivity contribution in [2.45, 2.75) is 33.6 Å². The summed E-state index contributed by atoms with van der Waals surface area (Å²) in [6, 6.07) is 6.43. The minimum Gasteiger partial charge on any atom is -0.457 e. The first kappa shape index (κ1) is 20.1. The molecular weight excluding hydrogens is 374 g/mol. The van der Waals surface area contributed by atoms with Gasteiger partial charge >= 0.3 is 5.97 Å². The standard InChI is InChI=1S/C20H21N5O4/c1-4-18(27)24-15-7-5-14(6-8-15)17(26)10-29-19(28)9-16-12(2)23-20-21-11-22-25(20)13(16)3/h5-8,11H,4,9-10H2,1-3H3,(H,24,27). The molecule has 0 unspecified atom stereocenters. The van der Waals surface area contributed by atoms with Crippen LogP contribution in [0.1, 0.15) is 40.7 Å². The number of nitrogens with zero attached hydrogens (tertiary/aromatic N) is 4. The molecule has 0 fully saturated rings. The molecule has 9 heteroatoms. The predicted octanol–water partition coefficient (Wildman–Crippen LogP) is 2.06. The van der Waals surface area contributed by atoms with E-state index in [4.69, 9.17) is 4.74 Å². The van der Waals surface area contributed by atoms with E-state index in [9.17, 15) is 14.4 Å². The molecule has 1 aromatic carbocycles. The van der Waals surface area contributed by atoms with Crippen molar-refractivity contribution in [1.29, 1.82) is 0 Å². The Kier molecular flexibility index (Phi) is 5.96. The van der Waals surface area contributed by atoms with Gasteiger partial charge in [-0.2, -0.15) is 10.1 Å². The molecule has 0 atom stereocenters.